The molecule has 18 heavy (non-hydrogen) atoms. The van der Waals surface area contributed by atoms with E-state index >= 15 is 0 Å². The Hall–Kier alpha value is -2.10. The second-order valence-corrected chi connectivity index (χ2v) is 3.80. The second kappa shape index (κ2) is 6.59. The van der Waals surface area contributed by atoms with Gasteiger partial charge in [0.2, 0.25) is 0 Å². The Balaban J connectivity index is 2.79. The number of carbonyl (C=O) groups excluding carboxylic acids is 2. The van der Waals surface area contributed by atoms with Crippen LogP contribution in [0.15, 0.2) is 30.3 Å². The summed E-state index contributed by atoms with van der Waals surface area (Å²) in [5.74, 6) is -1.01. The van der Waals surface area contributed by atoms with E-state index in [0.29, 0.717) is 0 Å². The van der Waals surface area contributed by atoms with Crippen LogP contribution in [0.2, 0.25) is 0 Å². The molecule has 0 aromatic heterocycles. The van der Waals surface area contributed by atoms with Gasteiger partial charge in [0, 0.05) is 13.8 Å². The van der Waals surface area contributed by atoms with Gasteiger partial charge in [0.15, 0.2) is 0 Å². The molecular formula is C14H16O4. The first-order valence-corrected chi connectivity index (χ1v) is 5.57. The third-order valence-electron chi connectivity index (χ3n) is 2.19. The number of esters is 2. The Bertz CT molecular complexity index is 447. The van der Waals surface area contributed by atoms with E-state index in [1.807, 2.05) is 31.2 Å². The lowest BCUT2D eigenvalue weighted by Crippen LogP contribution is -2.19. The van der Waals surface area contributed by atoms with Crippen molar-refractivity contribution < 1.29 is 19.1 Å². The van der Waals surface area contributed by atoms with Crippen LogP contribution in [0.3, 0.4) is 0 Å². The van der Waals surface area contributed by atoms with Gasteiger partial charge in [0.1, 0.15) is 0 Å². The Labute approximate surface area is 106 Å². The van der Waals surface area contributed by atoms with Crippen LogP contribution in [0.25, 0.3) is 6.08 Å². The quantitative estimate of drug-likeness (QED) is 0.606. The molecule has 0 atom stereocenters. The molecule has 0 spiro atoms. The Morgan fingerprint density at radius 1 is 1.11 bits per heavy atom. The van der Waals surface area contributed by atoms with Crippen molar-refractivity contribution in [1.82, 2.24) is 0 Å². The predicted octanol–water partition coefficient (Wildman–Crippen LogP) is 2.46. The van der Waals surface area contributed by atoms with E-state index in [4.69, 9.17) is 9.47 Å². The highest BCUT2D eigenvalue weighted by Gasteiger charge is 2.10. The molecule has 0 N–H and O–H groups in total. The van der Waals surface area contributed by atoms with Gasteiger partial charge in [-0.25, -0.2) is 0 Å². The van der Waals surface area contributed by atoms with Gasteiger partial charge >= 0.3 is 11.9 Å². The fourth-order valence-electron chi connectivity index (χ4n) is 1.39. The molecule has 0 radical (unpaired) electrons. The van der Waals surface area contributed by atoms with Gasteiger partial charge in [-0.3, -0.25) is 9.59 Å². The lowest BCUT2D eigenvalue weighted by molar-refractivity contribution is -0.176. The number of carbonyl (C=O) groups is 2. The van der Waals surface area contributed by atoms with Crippen molar-refractivity contribution in [3.05, 3.63) is 41.5 Å². The Morgan fingerprint density at radius 2 is 1.67 bits per heavy atom. The highest BCUT2D eigenvalue weighted by Crippen LogP contribution is 2.10. The van der Waals surface area contributed by atoms with Crippen molar-refractivity contribution >= 4 is 18.0 Å². The van der Waals surface area contributed by atoms with Gasteiger partial charge < -0.3 is 9.47 Å². The molecule has 1 aromatic rings. The fraction of sp³-hybridized carbons (Fsp3) is 0.286. The smallest absolute Gasteiger partial charge is 0.305 e. The maximum absolute atomic E-state index is 10.9. The summed E-state index contributed by atoms with van der Waals surface area (Å²) in [6.45, 7) is 4.49. The molecule has 0 saturated carbocycles. The Morgan fingerprint density at radius 3 is 2.17 bits per heavy atom. The molecule has 0 bridgehead atoms. The normalized spacial score (nSPS) is 10.7. The van der Waals surface area contributed by atoms with Crippen molar-refractivity contribution in [2.75, 3.05) is 0 Å². The van der Waals surface area contributed by atoms with Gasteiger partial charge in [-0.15, -0.1) is 0 Å². The molecule has 0 fully saturated rings. The first-order valence-electron chi connectivity index (χ1n) is 5.57. The minimum absolute atomic E-state index is 0.504. The van der Waals surface area contributed by atoms with Crippen LogP contribution in [-0.4, -0.2) is 18.2 Å². The summed E-state index contributed by atoms with van der Waals surface area (Å²) < 4.78 is 9.71. The first-order chi connectivity index (χ1) is 8.49. The Kier molecular flexibility index (Phi) is 5.11. The van der Waals surface area contributed by atoms with Crippen LogP contribution in [0.4, 0.5) is 0 Å². The van der Waals surface area contributed by atoms with E-state index in [-0.39, 0.29) is 0 Å². The van der Waals surface area contributed by atoms with Gasteiger partial charge in [-0.05, 0) is 24.1 Å². The summed E-state index contributed by atoms with van der Waals surface area (Å²) in [6.07, 6.45) is 2.30. The van der Waals surface area contributed by atoms with Crippen molar-refractivity contribution in [2.24, 2.45) is 0 Å². The van der Waals surface area contributed by atoms with E-state index in [0.717, 1.165) is 11.1 Å². The van der Waals surface area contributed by atoms with Crippen LogP contribution in [0.5, 0.6) is 0 Å². The van der Waals surface area contributed by atoms with Crippen molar-refractivity contribution in [3.63, 3.8) is 0 Å². The summed E-state index contributed by atoms with van der Waals surface area (Å²) >= 11 is 0. The average Bonchev–Trinajstić information content (AvgIpc) is 2.26. The molecular weight excluding hydrogens is 232 g/mol. The minimum Gasteiger partial charge on any atom is -0.421 e. The summed E-state index contributed by atoms with van der Waals surface area (Å²) in [6, 6.07) is 7.72. The number of hydrogen-bond acceptors (Lipinski definition) is 4. The minimum atomic E-state index is -0.986. The first kappa shape index (κ1) is 14.0. The van der Waals surface area contributed by atoms with Crippen LogP contribution in [0, 0.1) is 6.92 Å². The molecule has 0 aliphatic heterocycles. The average molecular weight is 248 g/mol. The molecule has 0 saturated heterocycles. The van der Waals surface area contributed by atoms with E-state index < -0.39 is 18.2 Å². The van der Waals surface area contributed by atoms with E-state index in [1.54, 1.807) is 6.08 Å². The zero-order valence-corrected chi connectivity index (χ0v) is 10.7. The van der Waals surface area contributed by atoms with Gasteiger partial charge in [0.05, 0.1) is 0 Å². The number of hydrogen-bond donors (Lipinski definition) is 0. The van der Waals surface area contributed by atoms with Crippen molar-refractivity contribution in [2.45, 2.75) is 27.1 Å². The largest absolute Gasteiger partial charge is 0.421 e. The van der Waals surface area contributed by atoms with Crippen LogP contribution < -0.4 is 0 Å². The maximum atomic E-state index is 10.9. The topological polar surface area (TPSA) is 52.6 Å². The molecule has 1 aromatic carbocycles. The van der Waals surface area contributed by atoms with Crippen molar-refractivity contribution in [3.8, 4) is 0 Å². The lowest BCUT2D eigenvalue weighted by Gasteiger charge is -2.12. The van der Waals surface area contributed by atoms with E-state index in [9.17, 15) is 9.59 Å². The molecule has 0 amide bonds. The fourth-order valence-corrected chi connectivity index (χ4v) is 1.39. The number of ether oxygens (including phenoxy) is 2. The molecule has 96 valence electrons. The number of aryl methyl sites for hydroxylation is 1. The second-order valence-electron chi connectivity index (χ2n) is 3.80. The third kappa shape index (κ3) is 4.82. The molecule has 0 unspecified atom stereocenters. The number of benzene rings is 1. The zero-order chi connectivity index (χ0) is 13.5. The summed E-state index contributed by atoms with van der Waals surface area (Å²) in [5, 5.41) is 0. The summed E-state index contributed by atoms with van der Waals surface area (Å²) in [5.41, 5.74) is 2.06. The van der Waals surface area contributed by atoms with E-state index in [1.165, 1.54) is 19.9 Å². The molecule has 1 rings (SSSR count). The third-order valence-corrected chi connectivity index (χ3v) is 2.19. The lowest BCUT2D eigenvalue weighted by atomic mass is 10.1. The highest BCUT2D eigenvalue weighted by molar-refractivity contribution is 5.69. The zero-order valence-electron chi connectivity index (χ0n) is 10.7. The summed E-state index contributed by atoms with van der Waals surface area (Å²) in [7, 11) is 0. The molecule has 0 heterocycles. The molecule has 4 heteroatoms. The maximum Gasteiger partial charge on any atom is 0.305 e. The number of rotatable bonds is 4. The molecule has 0 aliphatic rings. The van der Waals surface area contributed by atoms with Gasteiger partial charge in [0.25, 0.3) is 6.29 Å². The molecule has 0 aliphatic carbocycles. The van der Waals surface area contributed by atoms with Crippen molar-refractivity contribution in [1.29, 1.82) is 0 Å². The molecule has 4 nitrogen and oxygen atoms in total. The van der Waals surface area contributed by atoms with Crippen LogP contribution in [0.1, 0.15) is 25.0 Å². The van der Waals surface area contributed by atoms with Crippen LogP contribution >= 0.6 is 0 Å². The SMILES string of the molecule is CC(=O)OC(/C=C/c1ccccc1C)OC(C)=O. The van der Waals surface area contributed by atoms with Gasteiger partial charge in [-0.1, -0.05) is 30.3 Å². The van der Waals surface area contributed by atoms with Gasteiger partial charge in [-0.2, -0.15) is 0 Å². The monoisotopic (exact) mass is 248 g/mol. The predicted molar refractivity (Wildman–Crippen MR) is 67.5 cm³/mol. The summed E-state index contributed by atoms with van der Waals surface area (Å²) in [4.78, 5) is 21.7. The van der Waals surface area contributed by atoms with E-state index in [2.05, 4.69) is 0 Å². The standard InChI is InChI=1S/C14H16O4/c1-10-6-4-5-7-13(10)8-9-14(17-11(2)15)18-12(3)16/h4-9,14H,1-3H3/b9-8+. The highest BCUT2D eigenvalue weighted by atomic mass is 16.7. The van der Waals surface area contributed by atoms with Crippen LogP contribution in [-0.2, 0) is 19.1 Å².